The molecule has 0 atom stereocenters. The molecule has 0 bridgehead atoms. The molecule has 0 aliphatic heterocycles. The first kappa shape index (κ1) is 17.3. The van der Waals surface area contributed by atoms with E-state index in [4.69, 9.17) is 23.2 Å². The maximum Gasteiger partial charge on any atom is 0.295 e. The Labute approximate surface area is 154 Å². The average molecular weight is 376 g/mol. The highest BCUT2D eigenvalue weighted by Gasteiger charge is 2.19. The molecule has 2 aromatic carbocycles. The van der Waals surface area contributed by atoms with Gasteiger partial charge in [0.1, 0.15) is 5.69 Å². The summed E-state index contributed by atoms with van der Waals surface area (Å²) in [5.41, 5.74) is 1.49. The SMILES string of the molecule is Cc1c(NC(=O)c2ccc(Cl)cc2Cl)c(=O)n(-c2ccccc2)n1C. The number of carbonyl (C=O) groups is 1. The summed E-state index contributed by atoms with van der Waals surface area (Å²) in [7, 11) is 1.76. The lowest BCUT2D eigenvalue weighted by atomic mass is 10.2. The van der Waals surface area contributed by atoms with Gasteiger partial charge in [-0.05, 0) is 37.3 Å². The molecule has 0 unspecified atom stereocenters. The van der Waals surface area contributed by atoms with Gasteiger partial charge in [-0.3, -0.25) is 14.3 Å². The van der Waals surface area contributed by atoms with Crippen LogP contribution in [-0.2, 0) is 7.05 Å². The van der Waals surface area contributed by atoms with Crippen LogP contribution in [0.3, 0.4) is 0 Å². The summed E-state index contributed by atoms with van der Waals surface area (Å²) >= 11 is 11.9. The van der Waals surface area contributed by atoms with Gasteiger partial charge in [-0.1, -0.05) is 41.4 Å². The molecule has 0 radical (unpaired) electrons. The number of anilines is 1. The number of rotatable bonds is 3. The minimum absolute atomic E-state index is 0.211. The Kier molecular flexibility index (Phi) is 4.70. The molecule has 1 heterocycles. The molecule has 3 rings (SSSR count). The third-order valence-corrected chi connectivity index (χ3v) is 4.52. The molecule has 7 heteroatoms. The molecule has 0 fully saturated rings. The number of amides is 1. The van der Waals surface area contributed by atoms with Gasteiger partial charge in [-0.25, -0.2) is 4.68 Å². The number of para-hydroxylation sites is 1. The smallest absolute Gasteiger partial charge is 0.295 e. The van der Waals surface area contributed by atoms with E-state index >= 15 is 0 Å². The van der Waals surface area contributed by atoms with Gasteiger partial charge in [0.15, 0.2) is 0 Å². The predicted molar refractivity (Wildman–Crippen MR) is 100 cm³/mol. The molecule has 1 amide bonds. The zero-order valence-corrected chi connectivity index (χ0v) is 15.1. The Morgan fingerprint density at radius 2 is 1.76 bits per heavy atom. The van der Waals surface area contributed by atoms with Crippen molar-refractivity contribution in [3.63, 3.8) is 0 Å². The molecule has 128 valence electrons. The van der Waals surface area contributed by atoms with Crippen molar-refractivity contribution in [1.82, 2.24) is 9.36 Å². The fourth-order valence-electron chi connectivity index (χ4n) is 2.57. The van der Waals surface area contributed by atoms with Crippen molar-refractivity contribution in [2.45, 2.75) is 6.92 Å². The van der Waals surface area contributed by atoms with Crippen LogP contribution in [0.4, 0.5) is 5.69 Å². The van der Waals surface area contributed by atoms with Gasteiger partial charge in [0.05, 0.1) is 22.0 Å². The van der Waals surface area contributed by atoms with Crippen LogP contribution in [0.25, 0.3) is 5.69 Å². The maximum atomic E-state index is 12.8. The summed E-state index contributed by atoms with van der Waals surface area (Å²) in [4.78, 5) is 25.3. The van der Waals surface area contributed by atoms with Gasteiger partial charge < -0.3 is 5.32 Å². The van der Waals surface area contributed by atoms with Crippen molar-refractivity contribution in [3.05, 3.63) is 80.2 Å². The number of nitrogens with one attached hydrogen (secondary N) is 1. The van der Waals surface area contributed by atoms with E-state index in [0.29, 0.717) is 16.4 Å². The molecule has 0 saturated carbocycles. The van der Waals surface area contributed by atoms with Crippen LogP contribution in [0, 0.1) is 6.92 Å². The fourth-order valence-corrected chi connectivity index (χ4v) is 3.06. The maximum absolute atomic E-state index is 12.8. The van der Waals surface area contributed by atoms with Crippen LogP contribution in [-0.4, -0.2) is 15.3 Å². The predicted octanol–water partition coefficient (Wildman–Crippen LogP) is 4.04. The number of hydrogen-bond donors (Lipinski definition) is 1. The molecule has 3 aromatic rings. The second-order valence-corrected chi connectivity index (χ2v) is 6.36. The minimum atomic E-state index is -0.465. The number of hydrogen-bond acceptors (Lipinski definition) is 2. The van der Waals surface area contributed by atoms with Crippen molar-refractivity contribution in [3.8, 4) is 5.69 Å². The van der Waals surface area contributed by atoms with E-state index in [-0.39, 0.29) is 21.8 Å². The summed E-state index contributed by atoms with van der Waals surface area (Å²) < 4.78 is 3.19. The highest BCUT2D eigenvalue weighted by atomic mass is 35.5. The second-order valence-electron chi connectivity index (χ2n) is 5.51. The van der Waals surface area contributed by atoms with Crippen molar-refractivity contribution < 1.29 is 4.79 Å². The van der Waals surface area contributed by atoms with Crippen LogP contribution < -0.4 is 10.9 Å². The molecule has 1 aromatic heterocycles. The Morgan fingerprint density at radius 1 is 1.08 bits per heavy atom. The summed E-state index contributed by atoms with van der Waals surface area (Å²) in [5.74, 6) is -0.465. The van der Waals surface area contributed by atoms with E-state index in [9.17, 15) is 9.59 Å². The van der Waals surface area contributed by atoms with Crippen molar-refractivity contribution in [2.24, 2.45) is 7.05 Å². The van der Waals surface area contributed by atoms with Gasteiger partial charge in [-0.2, -0.15) is 0 Å². The van der Waals surface area contributed by atoms with Crippen molar-refractivity contribution in [1.29, 1.82) is 0 Å². The van der Waals surface area contributed by atoms with Crippen LogP contribution in [0.1, 0.15) is 16.1 Å². The van der Waals surface area contributed by atoms with Crippen LogP contribution in [0.2, 0.25) is 10.0 Å². The third kappa shape index (κ3) is 3.21. The fraction of sp³-hybridized carbons (Fsp3) is 0.111. The number of carbonyl (C=O) groups excluding carboxylic acids is 1. The quantitative estimate of drug-likeness (QED) is 0.750. The average Bonchev–Trinajstić information content (AvgIpc) is 2.79. The Balaban J connectivity index is 2.02. The van der Waals surface area contributed by atoms with E-state index in [1.807, 2.05) is 30.3 Å². The lowest BCUT2D eigenvalue weighted by molar-refractivity contribution is 0.102. The number of nitrogens with zero attached hydrogens (tertiary/aromatic N) is 2. The monoisotopic (exact) mass is 375 g/mol. The lowest BCUT2D eigenvalue weighted by Crippen LogP contribution is -2.23. The standard InChI is InChI=1S/C18H15Cl2N3O2/c1-11-16(21-17(24)14-9-8-12(19)10-15(14)20)18(25)23(22(11)2)13-6-4-3-5-7-13/h3-10H,1-2H3,(H,21,24). The zero-order chi connectivity index (χ0) is 18.1. The second kappa shape index (κ2) is 6.78. The van der Waals surface area contributed by atoms with E-state index in [1.54, 1.807) is 24.7 Å². The van der Waals surface area contributed by atoms with Gasteiger partial charge in [0.25, 0.3) is 11.5 Å². The zero-order valence-electron chi connectivity index (χ0n) is 13.6. The van der Waals surface area contributed by atoms with Crippen LogP contribution in [0.5, 0.6) is 0 Å². The Morgan fingerprint density at radius 3 is 2.40 bits per heavy atom. The van der Waals surface area contributed by atoms with Gasteiger partial charge >= 0.3 is 0 Å². The summed E-state index contributed by atoms with van der Waals surface area (Å²) in [5, 5.41) is 3.32. The number of halogens is 2. The highest BCUT2D eigenvalue weighted by molar-refractivity contribution is 6.37. The molecule has 0 spiro atoms. The van der Waals surface area contributed by atoms with Crippen LogP contribution >= 0.6 is 23.2 Å². The van der Waals surface area contributed by atoms with Crippen molar-refractivity contribution >= 4 is 34.8 Å². The Bertz CT molecular complexity index is 1010. The minimum Gasteiger partial charge on any atom is -0.316 e. The normalized spacial score (nSPS) is 10.7. The lowest BCUT2D eigenvalue weighted by Gasteiger charge is -2.07. The number of benzene rings is 2. The van der Waals surface area contributed by atoms with E-state index < -0.39 is 5.91 Å². The van der Waals surface area contributed by atoms with Gasteiger partial charge in [0, 0.05) is 12.1 Å². The molecule has 0 saturated heterocycles. The summed E-state index contributed by atoms with van der Waals surface area (Å²) in [6, 6.07) is 13.8. The van der Waals surface area contributed by atoms with Crippen LogP contribution in [0.15, 0.2) is 53.3 Å². The summed E-state index contributed by atoms with van der Waals surface area (Å²) in [6.07, 6.45) is 0. The summed E-state index contributed by atoms with van der Waals surface area (Å²) in [6.45, 7) is 1.76. The highest BCUT2D eigenvalue weighted by Crippen LogP contribution is 2.22. The molecule has 0 aliphatic carbocycles. The first-order valence-corrected chi connectivity index (χ1v) is 8.26. The van der Waals surface area contributed by atoms with E-state index in [0.717, 1.165) is 0 Å². The topological polar surface area (TPSA) is 56.0 Å². The van der Waals surface area contributed by atoms with E-state index in [2.05, 4.69) is 5.32 Å². The first-order chi connectivity index (χ1) is 11.9. The van der Waals surface area contributed by atoms with E-state index in [1.165, 1.54) is 16.8 Å². The van der Waals surface area contributed by atoms with Gasteiger partial charge in [0.2, 0.25) is 0 Å². The molecular weight excluding hydrogens is 361 g/mol. The largest absolute Gasteiger partial charge is 0.316 e. The molecule has 0 aliphatic rings. The van der Waals surface area contributed by atoms with Crippen molar-refractivity contribution in [2.75, 3.05) is 5.32 Å². The third-order valence-electron chi connectivity index (χ3n) is 3.97. The molecule has 5 nitrogen and oxygen atoms in total. The first-order valence-electron chi connectivity index (χ1n) is 7.50. The van der Waals surface area contributed by atoms with Gasteiger partial charge in [-0.15, -0.1) is 0 Å². The molecule has 1 N–H and O–H groups in total. The number of aromatic nitrogens is 2. The Hall–Kier alpha value is -2.50. The molecule has 25 heavy (non-hydrogen) atoms. The molecular formula is C18H15Cl2N3O2.